The quantitative estimate of drug-likeness (QED) is 0.874. The van der Waals surface area contributed by atoms with Crippen LogP contribution in [0.25, 0.3) is 0 Å². The minimum Gasteiger partial charge on any atom is -0.490 e. The molecule has 1 N–H and O–H groups in total. The van der Waals surface area contributed by atoms with Gasteiger partial charge in [0.25, 0.3) is 0 Å². The van der Waals surface area contributed by atoms with Gasteiger partial charge in [-0.1, -0.05) is 20.8 Å². The monoisotopic (exact) mass is 235 g/mol. The van der Waals surface area contributed by atoms with Gasteiger partial charge in [0.05, 0.1) is 11.8 Å². The number of hydrogen-bond donors (Lipinski definition) is 1. The van der Waals surface area contributed by atoms with Gasteiger partial charge >= 0.3 is 5.97 Å². The Balaban J connectivity index is 2.37. The lowest BCUT2D eigenvalue weighted by Crippen LogP contribution is -2.16. The molecule has 4 heteroatoms. The lowest BCUT2D eigenvalue weighted by atomic mass is 9.91. The predicted molar refractivity (Wildman–Crippen MR) is 63.5 cm³/mol. The van der Waals surface area contributed by atoms with Gasteiger partial charge in [-0.3, -0.25) is 0 Å². The third-order valence-corrected chi connectivity index (χ3v) is 2.61. The van der Waals surface area contributed by atoms with Crippen LogP contribution in [-0.4, -0.2) is 22.2 Å². The van der Waals surface area contributed by atoms with Crippen molar-refractivity contribution in [1.82, 2.24) is 4.98 Å². The van der Waals surface area contributed by atoms with Crippen LogP contribution in [0.3, 0.4) is 0 Å². The number of aromatic carboxylic acids is 1. The van der Waals surface area contributed by atoms with Crippen LogP contribution in [0.2, 0.25) is 0 Å². The van der Waals surface area contributed by atoms with Crippen molar-refractivity contribution in [1.29, 1.82) is 0 Å². The molecular weight excluding hydrogens is 218 g/mol. The lowest BCUT2D eigenvalue weighted by Gasteiger charge is -2.19. The van der Waals surface area contributed by atoms with Gasteiger partial charge in [0, 0.05) is 17.5 Å². The van der Waals surface area contributed by atoms with Crippen molar-refractivity contribution in [3.8, 4) is 5.75 Å². The molecule has 1 saturated carbocycles. The highest BCUT2D eigenvalue weighted by Gasteiger charge is 2.25. The SMILES string of the molecule is CC(C)(C)c1cc(OC2CC2)cc(C(=O)O)n1. The summed E-state index contributed by atoms with van der Waals surface area (Å²) in [5.74, 6) is -0.401. The molecule has 1 aliphatic carbocycles. The Hall–Kier alpha value is -1.58. The third-order valence-electron chi connectivity index (χ3n) is 2.61. The molecule has 1 aromatic heterocycles. The van der Waals surface area contributed by atoms with E-state index in [0.717, 1.165) is 18.5 Å². The molecule has 0 atom stereocenters. The summed E-state index contributed by atoms with van der Waals surface area (Å²) in [6.45, 7) is 6.01. The zero-order valence-corrected chi connectivity index (χ0v) is 10.4. The van der Waals surface area contributed by atoms with Crippen LogP contribution < -0.4 is 4.74 Å². The highest BCUT2D eigenvalue weighted by molar-refractivity contribution is 5.85. The smallest absolute Gasteiger partial charge is 0.354 e. The Morgan fingerprint density at radius 2 is 2.06 bits per heavy atom. The van der Waals surface area contributed by atoms with Crippen molar-refractivity contribution < 1.29 is 14.6 Å². The van der Waals surface area contributed by atoms with Crippen LogP contribution in [0.4, 0.5) is 0 Å². The van der Waals surface area contributed by atoms with E-state index in [-0.39, 0.29) is 17.2 Å². The highest BCUT2D eigenvalue weighted by atomic mass is 16.5. The number of carbonyl (C=O) groups is 1. The number of aromatic nitrogens is 1. The molecule has 0 unspecified atom stereocenters. The second kappa shape index (κ2) is 4.02. The molecule has 1 aliphatic rings. The van der Waals surface area contributed by atoms with E-state index in [2.05, 4.69) is 4.98 Å². The van der Waals surface area contributed by atoms with Crippen molar-refractivity contribution in [2.75, 3.05) is 0 Å². The molecule has 17 heavy (non-hydrogen) atoms. The first-order valence-electron chi connectivity index (χ1n) is 5.79. The van der Waals surface area contributed by atoms with E-state index in [4.69, 9.17) is 9.84 Å². The van der Waals surface area contributed by atoms with E-state index < -0.39 is 5.97 Å². The van der Waals surface area contributed by atoms with E-state index in [0.29, 0.717) is 5.75 Å². The van der Waals surface area contributed by atoms with Crippen molar-refractivity contribution >= 4 is 5.97 Å². The zero-order valence-electron chi connectivity index (χ0n) is 10.4. The highest BCUT2D eigenvalue weighted by Crippen LogP contribution is 2.30. The van der Waals surface area contributed by atoms with Gasteiger partial charge in [0.2, 0.25) is 0 Å². The van der Waals surface area contributed by atoms with Crippen molar-refractivity contribution in [3.63, 3.8) is 0 Å². The van der Waals surface area contributed by atoms with Crippen LogP contribution in [0.5, 0.6) is 5.75 Å². The predicted octanol–water partition coefficient (Wildman–Crippen LogP) is 2.62. The summed E-state index contributed by atoms with van der Waals surface area (Å²) in [5, 5.41) is 9.03. The van der Waals surface area contributed by atoms with Gasteiger partial charge in [-0.15, -0.1) is 0 Å². The van der Waals surface area contributed by atoms with Crippen LogP contribution in [0, 0.1) is 0 Å². The molecule has 2 rings (SSSR count). The minimum absolute atomic E-state index is 0.0491. The van der Waals surface area contributed by atoms with E-state index in [1.807, 2.05) is 26.8 Å². The number of hydrogen-bond acceptors (Lipinski definition) is 3. The number of nitrogens with zero attached hydrogens (tertiary/aromatic N) is 1. The van der Waals surface area contributed by atoms with Gasteiger partial charge in [0.15, 0.2) is 5.69 Å². The van der Waals surface area contributed by atoms with Crippen molar-refractivity contribution in [3.05, 3.63) is 23.5 Å². The normalized spacial score (nSPS) is 15.7. The molecule has 0 amide bonds. The maximum Gasteiger partial charge on any atom is 0.354 e. The molecule has 1 aromatic rings. The fourth-order valence-corrected chi connectivity index (χ4v) is 1.45. The number of carboxylic acids is 1. The molecule has 0 saturated heterocycles. The molecule has 1 fully saturated rings. The Morgan fingerprint density at radius 1 is 1.41 bits per heavy atom. The summed E-state index contributed by atoms with van der Waals surface area (Å²) in [5.41, 5.74) is 0.605. The fraction of sp³-hybridized carbons (Fsp3) is 0.538. The molecule has 0 aliphatic heterocycles. The first-order chi connectivity index (χ1) is 7.86. The largest absolute Gasteiger partial charge is 0.490 e. The fourth-order valence-electron chi connectivity index (χ4n) is 1.45. The Labute approximate surface area is 101 Å². The zero-order chi connectivity index (χ0) is 12.6. The minimum atomic E-state index is -1.02. The summed E-state index contributed by atoms with van der Waals surface area (Å²) in [6, 6.07) is 3.33. The summed E-state index contributed by atoms with van der Waals surface area (Å²) < 4.78 is 5.65. The molecular formula is C13H17NO3. The summed E-state index contributed by atoms with van der Waals surface area (Å²) >= 11 is 0. The van der Waals surface area contributed by atoms with Crippen LogP contribution in [-0.2, 0) is 5.41 Å². The molecule has 0 aromatic carbocycles. The number of pyridine rings is 1. The molecule has 0 spiro atoms. The summed E-state index contributed by atoms with van der Waals surface area (Å²) in [7, 11) is 0. The topological polar surface area (TPSA) is 59.4 Å². The van der Waals surface area contributed by atoms with Crippen LogP contribution in [0.15, 0.2) is 12.1 Å². The second-order valence-electron chi connectivity index (χ2n) is 5.45. The number of carboxylic acid groups (broad SMARTS) is 1. The average Bonchev–Trinajstić information content (AvgIpc) is 2.99. The van der Waals surface area contributed by atoms with Gasteiger partial charge in [0.1, 0.15) is 5.75 Å². The number of rotatable bonds is 3. The molecule has 1 heterocycles. The van der Waals surface area contributed by atoms with Crippen molar-refractivity contribution in [2.24, 2.45) is 0 Å². The Bertz CT molecular complexity index is 444. The van der Waals surface area contributed by atoms with Gasteiger partial charge in [-0.25, -0.2) is 9.78 Å². The second-order valence-corrected chi connectivity index (χ2v) is 5.45. The Morgan fingerprint density at radius 3 is 2.53 bits per heavy atom. The lowest BCUT2D eigenvalue weighted by molar-refractivity contribution is 0.0689. The van der Waals surface area contributed by atoms with E-state index in [1.54, 1.807) is 0 Å². The van der Waals surface area contributed by atoms with Crippen LogP contribution >= 0.6 is 0 Å². The van der Waals surface area contributed by atoms with Gasteiger partial charge in [-0.05, 0) is 12.8 Å². The summed E-state index contributed by atoms with van der Waals surface area (Å²) in [4.78, 5) is 15.2. The Kier molecular flexibility index (Phi) is 2.81. The molecule has 0 radical (unpaired) electrons. The number of ether oxygens (including phenoxy) is 1. The van der Waals surface area contributed by atoms with Crippen LogP contribution in [0.1, 0.15) is 49.8 Å². The van der Waals surface area contributed by atoms with Gasteiger partial charge < -0.3 is 9.84 Å². The summed E-state index contributed by atoms with van der Waals surface area (Å²) in [6.07, 6.45) is 2.36. The standard InChI is InChI=1S/C13H17NO3/c1-13(2,3)11-7-9(17-8-4-5-8)6-10(14-11)12(15)16/h6-8H,4-5H2,1-3H3,(H,15,16). The molecule has 92 valence electrons. The first kappa shape index (κ1) is 11.9. The molecule has 0 bridgehead atoms. The van der Waals surface area contributed by atoms with Gasteiger partial charge in [-0.2, -0.15) is 0 Å². The van der Waals surface area contributed by atoms with E-state index >= 15 is 0 Å². The average molecular weight is 235 g/mol. The van der Waals surface area contributed by atoms with Crippen molar-refractivity contribution in [2.45, 2.75) is 45.1 Å². The first-order valence-corrected chi connectivity index (χ1v) is 5.79. The van der Waals surface area contributed by atoms with E-state index in [1.165, 1.54) is 6.07 Å². The van der Waals surface area contributed by atoms with E-state index in [9.17, 15) is 4.79 Å². The maximum atomic E-state index is 11.0. The maximum absolute atomic E-state index is 11.0. The molecule has 4 nitrogen and oxygen atoms in total. The third kappa shape index (κ3) is 2.96.